The first-order valence-electron chi connectivity index (χ1n) is 14.7. The zero-order valence-electron chi connectivity index (χ0n) is 25.6. The first kappa shape index (κ1) is 27.6. The van der Waals surface area contributed by atoms with Crippen LogP contribution in [-0.2, 0) is 0 Å². The molecule has 0 saturated carbocycles. The molecule has 3 aromatic heterocycles. The second-order valence-electron chi connectivity index (χ2n) is 13.6. The predicted octanol–water partition coefficient (Wildman–Crippen LogP) is 5.76. The second-order valence-corrected chi connectivity index (χ2v) is 13.6. The molecule has 1 aromatic carbocycles. The summed E-state index contributed by atoms with van der Waals surface area (Å²) in [5, 5.41) is 9.11. The van der Waals surface area contributed by atoms with Crippen molar-refractivity contribution in [1.82, 2.24) is 19.9 Å². The Morgan fingerprint density at radius 3 is 1.39 bits per heavy atom. The van der Waals surface area contributed by atoms with Gasteiger partial charge in [-0.3, -0.25) is 9.59 Å². The Morgan fingerprint density at radius 1 is 0.591 bits per heavy atom. The van der Waals surface area contributed by atoms with Crippen LogP contribution in [0.4, 0.5) is 11.6 Å². The fraction of sp³-hybridized carbons (Fsp3) is 0.222. The Balaban J connectivity index is 1.69. The summed E-state index contributed by atoms with van der Waals surface area (Å²) in [6.07, 6.45) is 14.3. The highest BCUT2D eigenvalue weighted by Gasteiger charge is 2.21. The van der Waals surface area contributed by atoms with Gasteiger partial charge >= 0.3 is 0 Å². The van der Waals surface area contributed by atoms with E-state index in [9.17, 15) is 9.59 Å². The average Bonchev–Trinajstić information content (AvgIpc) is 3.59. The lowest BCUT2D eigenvalue weighted by Gasteiger charge is -2.21. The van der Waals surface area contributed by atoms with Crippen molar-refractivity contribution in [2.24, 2.45) is 10.8 Å². The Morgan fingerprint density at radius 2 is 1.00 bits per heavy atom. The number of aromatic nitrogens is 4. The normalized spacial score (nSPS) is 14.8. The number of fused-ring (bicyclic) bond motifs is 9. The van der Waals surface area contributed by atoms with Crippen molar-refractivity contribution in [2.75, 3.05) is 10.6 Å². The Bertz CT molecular complexity index is 2230. The molecule has 8 bridgehead atoms. The van der Waals surface area contributed by atoms with Crippen LogP contribution in [0, 0.1) is 10.8 Å². The van der Waals surface area contributed by atoms with Gasteiger partial charge in [-0.05, 0) is 58.4 Å². The minimum Gasteiger partial charge on any atom is -0.353 e. The lowest BCUT2D eigenvalue weighted by Crippen LogP contribution is -2.29. The summed E-state index contributed by atoms with van der Waals surface area (Å²) in [5.41, 5.74) is 5.74. The van der Waals surface area contributed by atoms with E-state index < -0.39 is 0 Å². The summed E-state index contributed by atoms with van der Waals surface area (Å²) >= 11 is 0. The van der Waals surface area contributed by atoms with Crippen molar-refractivity contribution in [1.29, 1.82) is 0 Å². The summed E-state index contributed by atoms with van der Waals surface area (Å²) in [5.74, 6) is 0.850. The van der Waals surface area contributed by atoms with E-state index in [1.807, 2.05) is 48.6 Å². The Labute approximate surface area is 253 Å². The summed E-state index contributed by atoms with van der Waals surface area (Å²) in [6, 6.07) is 8.10. The number of hydrogen-bond donors (Lipinski definition) is 4. The molecule has 8 nitrogen and oxygen atoms in total. The van der Waals surface area contributed by atoms with Crippen LogP contribution in [0.5, 0.6) is 0 Å². The Kier molecular flexibility index (Phi) is 6.04. The van der Waals surface area contributed by atoms with Crippen LogP contribution in [0.1, 0.15) is 52.7 Å². The summed E-state index contributed by atoms with van der Waals surface area (Å²) < 4.78 is 0. The summed E-state index contributed by atoms with van der Waals surface area (Å²) in [4.78, 5) is 44.3. The van der Waals surface area contributed by atoms with E-state index in [2.05, 4.69) is 72.1 Å². The maximum absolute atomic E-state index is 13.9. The van der Waals surface area contributed by atoms with Crippen LogP contribution in [-0.4, -0.2) is 19.9 Å². The molecule has 0 unspecified atom stereocenters. The molecule has 8 heteroatoms. The van der Waals surface area contributed by atoms with Gasteiger partial charge in [-0.1, -0.05) is 53.7 Å². The van der Waals surface area contributed by atoms with Crippen molar-refractivity contribution in [3.63, 3.8) is 0 Å². The van der Waals surface area contributed by atoms with Gasteiger partial charge in [0.05, 0.1) is 22.1 Å². The van der Waals surface area contributed by atoms with E-state index in [0.29, 0.717) is 33.2 Å². The number of rotatable bonds is 0. The van der Waals surface area contributed by atoms with E-state index in [0.717, 1.165) is 44.0 Å². The average molecular weight is 583 g/mol. The smallest absolute Gasteiger partial charge is 0.196 e. The van der Waals surface area contributed by atoms with Gasteiger partial charge in [-0.25, -0.2) is 9.97 Å². The number of nitrogens with one attached hydrogen (secondary N) is 4. The quantitative estimate of drug-likeness (QED) is 0.210. The fourth-order valence-electron chi connectivity index (χ4n) is 5.69. The molecular formula is C36H34N6O2. The molecule has 4 aromatic rings. The van der Waals surface area contributed by atoms with Gasteiger partial charge in [0.15, 0.2) is 22.5 Å². The number of anilines is 2. The third-order valence-electron chi connectivity index (χ3n) is 8.35. The first-order valence-corrected chi connectivity index (χ1v) is 14.7. The Hall–Kier alpha value is -5.24. The van der Waals surface area contributed by atoms with E-state index in [1.54, 1.807) is 24.8 Å². The van der Waals surface area contributed by atoms with Gasteiger partial charge in [0.25, 0.3) is 0 Å². The molecule has 0 fully saturated rings. The molecule has 44 heavy (non-hydrogen) atoms. The van der Waals surface area contributed by atoms with Crippen LogP contribution >= 0.6 is 0 Å². The number of hydrogen-bond acceptors (Lipinski definition) is 6. The highest BCUT2D eigenvalue weighted by atomic mass is 16.1. The minimum atomic E-state index is -0.202. The van der Waals surface area contributed by atoms with Gasteiger partial charge in [0.1, 0.15) is 0 Å². The van der Waals surface area contributed by atoms with Crippen LogP contribution in [0.3, 0.4) is 0 Å². The van der Waals surface area contributed by atoms with Crippen molar-refractivity contribution in [3.05, 3.63) is 102 Å². The van der Waals surface area contributed by atoms with Crippen LogP contribution in [0.2, 0.25) is 0 Å². The van der Waals surface area contributed by atoms with Crippen molar-refractivity contribution in [3.8, 4) is 0 Å². The third-order valence-corrected chi connectivity index (χ3v) is 8.35. The number of allylic oxidation sites excluding steroid dienone is 2. The second kappa shape index (κ2) is 9.64. The lowest BCUT2D eigenvalue weighted by molar-refractivity contribution is 0.526. The number of aromatic amines is 2. The molecule has 0 spiro atoms. The molecule has 220 valence electrons. The van der Waals surface area contributed by atoms with E-state index >= 15 is 0 Å². The lowest BCUT2D eigenvalue weighted by atomic mass is 9.83. The molecule has 0 atom stereocenters. The SMILES string of the molecule is CC(C)(C)C1=Cc2c(=O)c(cnc3c(ncc4c(=O)c(c5cc6ccc7cc2[nH]c7c6[nH]5)C=C(C(C)(C)C)C=4)NC=CN3)=C1. The van der Waals surface area contributed by atoms with Crippen LogP contribution in [0.25, 0.3) is 57.1 Å². The zero-order valence-corrected chi connectivity index (χ0v) is 25.6. The van der Waals surface area contributed by atoms with E-state index in [4.69, 9.17) is 0 Å². The highest BCUT2D eigenvalue weighted by Crippen LogP contribution is 2.33. The zero-order chi connectivity index (χ0) is 31.0. The molecule has 4 heterocycles. The van der Waals surface area contributed by atoms with Crippen LogP contribution < -0.4 is 31.9 Å². The first-order chi connectivity index (χ1) is 20.9. The molecule has 3 aliphatic rings. The monoisotopic (exact) mass is 582 g/mol. The number of H-pyrrole nitrogens is 2. The van der Waals surface area contributed by atoms with Crippen molar-refractivity contribution < 1.29 is 0 Å². The van der Waals surface area contributed by atoms with E-state index in [1.165, 1.54) is 0 Å². The highest BCUT2D eigenvalue weighted by molar-refractivity contribution is 6.08. The van der Waals surface area contributed by atoms with Crippen molar-refractivity contribution >= 4 is 68.8 Å². The number of nitrogens with zero attached hydrogens (tertiary/aromatic N) is 2. The summed E-state index contributed by atoms with van der Waals surface area (Å²) in [6.45, 7) is 12.8. The van der Waals surface area contributed by atoms with Gasteiger partial charge in [-0.15, -0.1) is 0 Å². The molecule has 0 radical (unpaired) electrons. The molecule has 2 aliphatic carbocycles. The maximum Gasteiger partial charge on any atom is 0.196 e. The largest absolute Gasteiger partial charge is 0.353 e. The van der Waals surface area contributed by atoms with Gasteiger partial charge in [0, 0.05) is 57.1 Å². The molecule has 0 saturated heterocycles. The molecule has 1 aliphatic heterocycles. The van der Waals surface area contributed by atoms with Crippen molar-refractivity contribution in [2.45, 2.75) is 41.5 Å². The standard InChI is InChI=1S/C36H34N6O2/c1-35(2,3)23-11-21-17-39-33-34(38-10-9-37-33)40-18-22-12-24(36(4,5)6)16-26(32(22)44)28-14-20-8-7-19-13-27(25(15-23)31(21)43)41-29(19)30(20)42-28/h7-18,41-42H,1-6H3,(H,37,39)(H,38,40). The number of benzene rings is 1. The topological polar surface area (TPSA) is 116 Å². The molecule has 7 rings (SSSR count). The molecular weight excluding hydrogens is 548 g/mol. The minimum absolute atomic E-state index is 0.122. The molecule has 4 N–H and O–H groups in total. The van der Waals surface area contributed by atoms with E-state index in [-0.39, 0.29) is 21.7 Å². The van der Waals surface area contributed by atoms with Gasteiger partial charge in [-0.2, -0.15) is 0 Å². The van der Waals surface area contributed by atoms with Gasteiger partial charge < -0.3 is 20.6 Å². The van der Waals surface area contributed by atoms with Crippen LogP contribution in [0.15, 0.2) is 69.8 Å². The predicted molar refractivity (Wildman–Crippen MR) is 182 cm³/mol. The fourth-order valence-corrected chi connectivity index (χ4v) is 5.69. The summed E-state index contributed by atoms with van der Waals surface area (Å²) in [7, 11) is 0. The maximum atomic E-state index is 13.9. The third kappa shape index (κ3) is 4.63. The van der Waals surface area contributed by atoms with Gasteiger partial charge in [0.2, 0.25) is 0 Å². The molecule has 0 amide bonds.